The molecule has 1 heterocycles. The number of hydrogen-bond acceptors (Lipinski definition) is 2. The van der Waals surface area contributed by atoms with Crippen LogP contribution >= 0.6 is 0 Å². The van der Waals surface area contributed by atoms with Gasteiger partial charge in [-0.15, -0.1) is 0 Å². The molecule has 1 atom stereocenters. The summed E-state index contributed by atoms with van der Waals surface area (Å²) in [6.45, 7) is 0. The van der Waals surface area contributed by atoms with E-state index in [4.69, 9.17) is 4.74 Å². The first-order chi connectivity index (χ1) is 15.8. The van der Waals surface area contributed by atoms with Crippen molar-refractivity contribution in [1.29, 1.82) is 0 Å². The third-order valence-electron chi connectivity index (χ3n) is 5.66. The van der Waals surface area contributed by atoms with Crippen LogP contribution in [-0.4, -0.2) is 5.78 Å². The van der Waals surface area contributed by atoms with Crippen LogP contribution in [-0.2, 0) is 0 Å². The van der Waals surface area contributed by atoms with Crippen molar-refractivity contribution in [2.75, 3.05) is 0 Å². The maximum atomic E-state index is 12.9. The van der Waals surface area contributed by atoms with Gasteiger partial charge in [0.2, 0.25) is 0 Å². The molecule has 1 aliphatic rings. The van der Waals surface area contributed by atoms with E-state index >= 15 is 0 Å². The molecule has 0 aromatic heterocycles. The largest absolute Gasteiger partial charge is 0.456 e. The number of rotatable bonds is 5. The zero-order chi connectivity index (χ0) is 21.8. The van der Waals surface area contributed by atoms with E-state index < -0.39 is 0 Å². The second-order valence-corrected chi connectivity index (χ2v) is 7.70. The van der Waals surface area contributed by atoms with Gasteiger partial charge in [-0.3, -0.25) is 4.79 Å². The lowest BCUT2D eigenvalue weighted by Gasteiger charge is -2.30. The van der Waals surface area contributed by atoms with Gasteiger partial charge in [-0.1, -0.05) is 115 Å². The van der Waals surface area contributed by atoms with E-state index in [0.717, 1.165) is 33.8 Å². The molecule has 2 heteroatoms. The van der Waals surface area contributed by atoms with Crippen molar-refractivity contribution in [2.24, 2.45) is 0 Å². The Labute approximate surface area is 188 Å². The van der Waals surface area contributed by atoms with E-state index in [1.54, 1.807) is 6.08 Å². The molecule has 32 heavy (non-hydrogen) atoms. The molecule has 0 spiro atoms. The number of hydrogen-bond donors (Lipinski definition) is 0. The van der Waals surface area contributed by atoms with Gasteiger partial charge in [0, 0.05) is 28.2 Å². The van der Waals surface area contributed by atoms with Gasteiger partial charge in [0.1, 0.15) is 11.5 Å². The quantitative estimate of drug-likeness (QED) is 0.258. The van der Waals surface area contributed by atoms with Gasteiger partial charge in [-0.25, -0.2) is 0 Å². The molecule has 0 saturated heterocycles. The number of benzene rings is 4. The molecule has 154 valence electrons. The number of carbonyl (C=O) groups is 1. The molecule has 0 radical (unpaired) electrons. The molecule has 4 aromatic carbocycles. The highest BCUT2D eigenvalue weighted by atomic mass is 16.5. The summed E-state index contributed by atoms with van der Waals surface area (Å²) in [4.78, 5) is 12.9. The van der Waals surface area contributed by atoms with E-state index in [-0.39, 0.29) is 11.7 Å². The Morgan fingerprint density at radius 2 is 1.28 bits per heavy atom. The maximum Gasteiger partial charge on any atom is 0.185 e. The molecule has 0 bridgehead atoms. The molecule has 1 aliphatic heterocycles. The first-order valence-electron chi connectivity index (χ1n) is 10.7. The topological polar surface area (TPSA) is 26.3 Å². The second kappa shape index (κ2) is 8.91. The van der Waals surface area contributed by atoms with Crippen LogP contribution in [0.25, 0.3) is 5.76 Å². The molecule has 0 N–H and O–H groups in total. The number of allylic oxidation sites excluding steroid dienone is 3. The summed E-state index contributed by atoms with van der Waals surface area (Å²) in [5.41, 5.74) is 4.85. The second-order valence-electron chi connectivity index (χ2n) is 7.70. The SMILES string of the molecule is O=C(/C=C/C1=C(c2ccccc2)Oc2ccccc2[C@H]1c1ccccc1)c1ccccc1. The average Bonchev–Trinajstić information content (AvgIpc) is 2.88. The fourth-order valence-electron chi connectivity index (χ4n) is 4.14. The summed E-state index contributed by atoms with van der Waals surface area (Å²) in [5.74, 6) is 1.54. The van der Waals surface area contributed by atoms with Crippen molar-refractivity contribution in [1.82, 2.24) is 0 Å². The normalized spacial score (nSPS) is 15.3. The highest BCUT2D eigenvalue weighted by molar-refractivity contribution is 6.05. The summed E-state index contributed by atoms with van der Waals surface area (Å²) in [5, 5.41) is 0. The fourth-order valence-corrected chi connectivity index (χ4v) is 4.14. The Morgan fingerprint density at radius 1 is 0.688 bits per heavy atom. The maximum absolute atomic E-state index is 12.9. The minimum atomic E-state index is -0.0452. The van der Waals surface area contributed by atoms with Gasteiger partial charge in [-0.05, 0) is 17.7 Å². The van der Waals surface area contributed by atoms with Crippen molar-refractivity contribution >= 4 is 11.5 Å². The lowest BCUT2D eigenvalue weighted by molar-refractivity contribution is 0.104. The lowest BCUT2D eigenvalue weighted by atomic mass is 9.81. The molecule has 0 aliphatic carbocycles. The molecule has 4 aromatic rings. The van der Waals surface area contributed by atoms with E-state index in [1.165, 1.54) is 0 Å². The molecule has 0 unspecified atom stereocenters. The lowest BCUT2D eigenvalue weighted by Crippen LogP contribution is -2.15. The van der Waals surface area contributed by atoms with Gasteiger partial charge >= 0.3 is 0 Å². The van der Waals surface area contributed by atoms with Crippen LogP contribution in [0.1, 0.15) is 33.0 Å². The Bertz CT molecular complexity index is 1290. The van der Waals surface area contributed by atoms with Crippen LogP contribution in [0.3, 0.4) is 0 Å². The van der Waals surface area contributed by atoms with Crippen molar-refractivity contribution in [3.8, 4) is 5.75 Å². The first-order valence-corrected chi connectivity index (χ1v) is 10.7. The molecule has 2 nitrogen and oxygen atoms in total. The molecular weight excluding hydrogens is 392 g/mol. The Hall–Kier alpha value is -4.17. The minimum Gasteiger partial charge on any atom is -0.456 e. The third kappa shape index (κ3) is 3.91. The molecule has 0 amide bonds. The highest BCUT2D eigenvalue weighted by Crippen LogP contribution is 2.46. The Balaban J connectivity index is 1.69. The number of ketones is 1. The van der Waals surface area contributed by atoms with E-state index in [2.05, 4.69) is 18.2 Å². The summed E-state index contributed by atoms with van der Waals surface area (Å²) >= 11 is 0. The number of para-hydroxylation sites is 1. The fraction of sp³-hybridized carbons (Fsp3) is 0.0333. The first kappa shape index (κ1) is 19.8. The van der Waals surface area contributed by atoms with Crippen molar-refractivity contribution < 1.29 is 9.53 Å². The van der Waals surface area contributed by atoms with Gasteiger partial charge in [0.05, 0.1) is 0 Å². The molecule has 5 rings (SSSR count). The smallest absolute Gasteiger partial charge is 0.185 e. The summed E-state index contributed by atoms with van der Waals surface area (Å²) in [7, 11) is 0. The molecule has 0 saturated carbocycles. The van der Waals surface area contributed by atoms with Crippen LogP contribution in [0.2, 0.25) is 0 Å². The Morgan fingerprint density at radius 3 is 2.00 bits per heavy atom. The van der Waals surface area contributed by atoms with Crippen LogP contribution in [0.5, 0.6) is 5.75 Å². The minimum absolute atomic E-state index is 0.0313. The summed E-state index contributed by atoms with van der Waals surface area (Å²) in [6, 6.07) is 37.9. The predicted octanol–water partition coefficient (Wildman–Crippen LogP) is 7.06. The monoisotopic (exact) mass is 414 g/mol. The number of carbonyl (C=O) groups excluding carboxylic acids is 1. The van der Waals surface area contributed by atoms with Crippen LogP contribution < -0.4 is 4.74 Å². The van der Waals surface area contributed by atoms with Crippen molar-refractivity contribution in [3.63, 3.8) is 0 Å². The van der Waals surface area contributed by atoms with Crippen molar-refractivity contribution in [3.05, 3.63) is 155 Å². The summed E-state index contributed by atoms with van der Waals surface area (Å²) < 4.78 is 6.44. The molecule has 0 fully saturated rings. The highest BCUT2D eigenvalue weighted by Gasteiger charge is 2.30. The summed E-state index contributed by atoms with van der Waals surface area (Å²) in [6.07, 6.45) is 3.58. The van der Waals surface area contributed by atoms with Crippen LogP contribution in [0.15, 0.2) is 133 Å². The van der Waals surface area contributed by atoms with Crippen LogP contribution in [0.4, 0.5) is 0 Å². The zero-order valence-electron chi connectivity index (χ0n) is 17.5. The van der Waals surface area contributed by atoms with E-state index in [0.29, 0.717) is 5.56 Å². The van der Waals surface area contributed by atoms with Crippen molar-refractivity contribution in [2.45, 2.75) is 5.92 Å². The van der Waals surface area contributed by atoms with Gasteiger partial charge in [0.15, 0.2) is 5.78 Å². The van der Waals surface area contributed by atoms with Gasteiger partial charge < -0.3 is 4.74 Å². The number of ether oxygens (including phenoxy) is 1. The van der Waals surface area contributed by atoms with Gasteiger partial charge in [-0.2, -0.15) is 0 Å². The number of fused-ring (bicyclic) bond motifs is 1. The standard InChI is InChI=1S/C30H22O2/c31-27(22-12-4-1-5-13-22)21-20-26-29(23-14-6-2-7-15-23)25-18-10-11-19-28(25)32-30(26)24-16-8-3-9-17-24/h1-21,29H/b21-20+/t29-/m1/s1. The average molecular weight is 415 g/mol. The van der Waals surface area contributed by atoms with E-state index in [1.807, 2.05) is 103 Å². The Kier molecular flexibility index (Phi) is 5.50. The molecular formula is C30H22O2. The predicted molar refractivity (Wildman–Crippen MR) is 129 cm³/mol. The third-order valence-corrected chi connectivity index (χ3v) is 5.66. The van der Waals surface area contributed by atoms with Gasteiger partial charge in [0.25, 0.3) is 0 Å². The van der Waals surface area contributed by atoms with Crippen LogP contribution in [0, 0.1) is 0 Å². The zero-order valence-corrected chi connectivity index (χ0v) is 17.5. The van der Waals surface area contributed by atoms with E-state index in [9.17, 15) is 4.79 Å².